The van der Waals surface area contributed by atoms with Crippen molar-refractivity contribution >= 4 is 23.5 Å². The Kier molecular flexibility index (Phi) is 4.99. The third-order valence-electron chi connectivity index (χ3n) is 3.49. The molecular weight excluding hydrogens is 330 g/mol. The van der Waals surface area contributed by atoms with Crippen LogP contribution in [0.25, 0.3) is 11.3 Å². The van der Waals surface area contributed by atoms with Gasteiger partial charge in [0.05, 0.1) is 16.1 Å². The molecule has 0 bridgehead atoms. The average Bonchev–Trinajstić information content (AvgIpc) is 2.92. The number of carbonyl (C=O) groups excluding carboxylic acids is 1. The maximum absolute atomic E-state index is 12.5. The molecule has 0 saturated heterocycles. The van der Waals surface area contributed by atoms with Crippen LogP contribution in [-0.4, -0.2) is 32.8 Å². The SMILES string of the molecule is CC(NC(=O)c1cn(C(C)(C)C)nc1-c1ccccc1Cl)C(=O)O. The first kappa shape index (κ1) is 18.0. The zero-order valence-electron chi connectivity index (χ0n) is 14.0. The van der Waals surface area contributed by atoms with Crippen molar-refractivity contribution in [3.05, 3.63) is 41.0 Å². The number of nitrogens with zero attached hydrogens (tertiary/aromatic N) is 2. The Bertz CT molecular complexity index is 778. The summed E-state index contributed by atoms with van der Waals surface area (Å²) in [5.41, 5.74) is 0.986. The maximum atomic E-state index is 12.5. The number of carboxylic acids is 1. The summed E-state index contributed by atoms with van der Waals surface area (Å²) in [6.07, 6.45) is 1.61. The zero-order valence-corrected chi connectivity index (χ0v) is 14.8. The van der Waals surface area contributed by atoms with Gasteiger partial charge in [-0.05, 0) is 33.8 Å². The molecule has 128 valence electrons. The number of rotatable bonds is 4. The molecule has 24 heavy (non-hydrogen) atoms. The van der Waals surface area contributed by atoms with Gasteiger partial charge in [-0.1, -0.05) is 29.8 Å². The predicted molar refractivity (Wildman–Crippen MR) is 92.2 cm³/mol. The molecule has 1 unspecified atom stereocenters. The number of aliphatic carboxylic acids is 1. The monoisotopic (exact) mass is 349 g/mol. The second kappa shape index (κ2) is 6.65. The minimum absolute atomic E-state index is 0.283. The summed E-state index contributed by atoms with van der Waals surface area (Å²) in [6.45, 7) is 7.28. The fraction of sp³-hybridized carbons (Fsp3) is 0.353. The zero-order chi connectivity index (χ0) is 18.1. The van der Waals surface area contributed by atoms with Crippen LogP contribution in [-0.2, 0) is 10.3 Å². The molecule has 1 aromatic carbocycles. The van der Waals surface area contributed by atoms with Crippen LogP contribution in [0.3, 0.4) is 0 Å². The van der Waals surface area contributed by atoms with Crippen LogP contribution in [0.2, 0.25) is 5.02 Å². The first-order valence-corrected chi connectivity index (χ1v) is 7.87. The van der Waals surface area contributed by atoms with E-state index in [0.717, 1.165) is 0 Å². The fourth-order valence-corrected chi connectivity index (χ4v) is 2.30. The lowest BCUT2D eigenvalue weighted by molar-refractivity contribution is -0.138. The molecule has 0 aliphatic rings. The molecule has 1 amide bonds. The number of nitrogens with one attached hydrogen (secondary N) is 1. The van der Waals surface area contributed by atoms with E-state index in [2.05, 4.69) is 10.4 Å². The van der Waals surface area contributed by atoms with Crippen LogP contribution < -0.4 is 5.32 Å². The molecule has 1 heterocycles. The minimum Gasteiger partial charge on any atom is -0.480 e. The Hall–Kier alpha value is -2.34. The molecular formula is C17H20ClN3O3. The van der Waals surface area contributed by atoms with Crippen LogP contribution in [0.15, 0.2) is 30.5 Å². The molecule has 6 nitrogen and oxygen atoms in total. The number of carboxylic acid groups (broad SMARTS) is 1. The highest BCUT2D eigenvalue weighted by molar-refractivity contribution is 6.33. The van der Waals surface area contributed by atoms with Gasteiger partial charge in [-0.2, -0.15) is 5.10 Å². The molecule has 1 aromatic heterocycles. The van der Waals surface area contributed by atoms with Crippen molar-refractivity contribution in [3.8, 4) is 11.3 Å². The van der Waals surface area contributed by atoms with E-state index in [1.807, 2.05) is 20.8 Å². The third kappa shape index (κ3) is 3.76. The molecule has 0 aliphatic carbocycles. The highest BCUT2D eigenvalue weighted by Gasteiger charge is 2.25. The quantitative estimate of drug-likeness (QED) is 0.888. The Morgan fingerprint density at radius 3 is 2.46 bits per heavy atom. The lowest BCUT2D eigenvalue weighted by atomic mass is 10.1. The number of hydrogen-bond acceptors (Lipinski definition) is 3. The first-order chi connectivity index (χ1) is 11.1. The molecule has 0 aliphatic heterocycles. The van der Waals surface area contributed by atoms with Crippen molar-refractivity contribution in [1.29, 1.82) is 0 Å². The molecule has 0 saturated carbocycles. The number of halogens is 1. The lowest BCUT2D eigenvalue weighted by Gasteiger charge is -2.18. The smallest absolute Gasteiger partial charge is 0.325 e. The van der Waals surface area contributed by atoms with Gasteiger partial charge in [-0.3, -0.25) is 14.3 Å². The van der Waals surface area contributed by atoms with E-state index in [4.69, 9.17) is 16.7 Å². The van der Waals surface area contributed by atoms with Crippen molar-refractivity contribution in [2.75, 3.05) is 0 Å². The van der Waals surface area contributed by atoms with Crippen molar-refractivity contribution in [2.24, 2.45) is 0 Å². The highest BCUT2D eigenvalue weighted by Crippen LogP contribution is 2.30. The van der Waals surface area contributed by atoms with E-state index in [0.29, 0.717) is 16.3 Å². The minimum atomic E-state index is -1.11. The number of carbonyl (C=O) groups is 2. The van der Waals surface area contributed by atoms with Crippen molar-refractivity contribution in [3.63, 3.8) is 0 Å². The Morgan fingerprint density at radius 1 is 1.29 bits per heavy atom. The molecule has 2 rings (SSSR count). The van der Waals surface area contributed by atoms with Gasteiger partial charge in [0, 0.05) is 11.8 Å². The number of benzene rings is 1. The molecule has 2 aromatic rings. The molecule has 0 fully saturated rings. The second-order valence-corrected chi connectivity index (χ2v) is 6.93. The van der Waals surface area contributed by atoms with E-state index in [1.165, 1.54) is 6.92 Å². The van der Waals surface area contributed by atoms with E-state index in [-0.39, 0.29) is 11.1 Å². The van der Waals surface area contributed by atoms with Crippen LogP contribution in [0.4, 0.5) is 0 Å². The standard InChI is InChI=1S/C17H20ClN3O3/c1-10(16(23)24)19-15(22)12-9-21(17(2,3)4)20-14(12)11-7-5-6-8-13(11)18/h5-10H,1-4H3,(H,19,22)(H,23,24). The van der Waals surface area contributed by atoms with Gasteiger partial charge >= 0.3 is 5.97 Å². The van der Waals surface area contributed by atoms with Gasteiger partial charge in [0.15, 0.2) is 0 Å². The summed E-state index contributed by atoms with van der Waals surface area (Å²) >= 11 is 6.24. The summed E-state index contributed by atoms with van der Waals surface area (Å²) in [6, 6.07) is 6.08. The predicted octanol–water partition coefficient (Wildman–Crippen LogP) is 3.16. The van der Waals surface area contributed by atoms with Gasteiger partial charge in [0.2, 0.25) is 0 Å². The van der Waals surface area contributed by atoms with Crippen LogP contribution >= 0.6 is 11.6 Å². The second-order valence-electron chi connectivity index (χ2n) is 6.52. The van der Waals surface area contributed by atoms with Gasteiger partial charge in [-0.15, -0.1) is 0 Å². The van der Waals surface area contributed by atoms with Gasteiger partial charge in [0.1, 0.15) is 11.7 Å². The Balaban J connectivity index is 2.53. The fourth-order valence-electron chi connectivity index (χ4n) is 2.07. The van der Waals surface area contributed by atoms with Crippen LogP contribution in [0, 0.1) is 0 Å². The lowest BCUT2D eigenvalue weighted by Crippen LogP contribution is -2.38. The number of hydrogen-bond donors (Lipinski definition) is 2. The molecule has 2 N–H and O–H groups in total. The van der Waals surface area contributed by atoms with Gasteiger partial charge in [-0.25, -0.2) is 0 Å². The Morgan fingerprint density at radius 2 is 1.92 bits per heavy atom. The number of amides is 1. The molecule has 1 atom stereocenters. The normalized spacial score (nSPS) is 12.7. The summed E-state index contributed by atoms with van der Waals surface area (Å²) in [5.74, 6) is -1.61. The third-order valence-corrected chi connectivity index (χ3v) is 3.82. The molecule has 0 spiro atoms. The van der Waals surface area contributed by atoms with E-state index >= 15 is 0 Å². The summed E-state index contributed by atoms with van der Waals surface area (Å²) < 4.78 is 1.67. The van der Waals surface area contributed by atoms with E-state index in [9.17, 15) is 9.59 Å². The highest BCUT2D eigenvalue weighted by atomic mass is 35.5. The summed E-state index contributed by atoms with van der Waals surface area (Å²) in [7, 11) is 0. The topological polar surface area (TPSA) is 84.2 Å². The Labute approximate surface area is 145 Å². The first-order valence-electron chi connectivity index (χ1n) is 7.50. The molecule has 0 radical (unpaired) electrons. The van der Waals surface area contributed by atoms with Gasteiger partial charge < -0.3 is 10.4 Å². The van der Waals surface area contributed by atoms with Crippen molar-refractivity contribution in [1.82, 2.24) is 15.1 Å². The van der Waals surface area contributed by atoms with Crippen LogP contribution in [0.5, 0.6) is 0 Å². The van der Waals surface area contributed by atoms with Crippen molar-refractivity contribution in [2.45, 2.75) is 39.3 Å². The van der Waals surface area contributed by atoms with Gasteiger partial charge in [0.25, 0.3) is 5.91 Å². The average molecular weight is 350 g/mol. The van der Waals surface area contributed by atoms with Crippen molar-refractivity contribution < 1.29 is 14.7 Å². The van der Waals surface area contributed by atoms with Crippen LogP contribution in [0.1, 0.15) is 38.1 Å². The summed E-state index contributed by atoms with van der Waals surface area (Å²) in [5, 5.41) is 16.4. The maximum Gasteiger partial charge on any atom is 0.325 e. The number of aromatic nitrogens is 2. The van der Waals surface area contributed by atoms with E-state index < -0.39 is 17.9 Å². The van der Waals surface area contributed by atoms with E-state index in [1.54, 1.807) is 35.1 Å². The largest absolute Gasteiger partial charge is 0.480 e. The summed E-state index contributed by atoms with van der Waals surface area (Å²) in [4.78, 5) is 23.5. The molecule has 7 heteroatoms.